The summed E-state index contributed by atoms with van der Waals surface area (Å²) in [6.07, 6.45) is 7.16. The standard InChI is InChI=1S/C29H36N10O4S/c1-15-35-29(24(44-15)27(32)41)43-18-7-5-16(6-8-18)36-17-4-3-11-38(13-17)22-12-21(39-23(22)25(30)33-14-34-39)20-10-9-19(26(31)40)28(37-20)42-2/h9-10,12,14,16-18,36H,3-8,11,13H2,1-2H3,(H2,31,40)(H2,32,41)(H2,30,33,34)/t16?,17-,18?/m1/s1. The summed E-state index contributed by atoms with van der Waals surface area (Å²) in [5, 5.41) is 9.13. The van der Waals surface area contributed by atoms with Crippen LogP contribution in [-0.2, 0) is 0 Å². The van der Waals surface area contributed by atoms with Crippen molar-refractivity contribution in [1.29, 1.82) is 0 Å². The van der Waals surface area contributed by atoms with Crippen molar-refractivity contribution in [1.82, 2.24) is 29.9 Å². The molecule has 1 atom stereocenters. The van der Waals surface area contributed by atoms with Crippen LogP contribution in [0.15, 0.2) is 24.5 Å². The maximum absolute atomic E-state index is 11.8. The molecule has 2 fully saturated rings. The molecule has 7 N–H and O–H groups in total. The Morgan fingerprint density at radius 2 is 1.84 bits per heavy atom. The lowest BCUT2D eigenvalue weighted by Gasteiger charge is -2.38. The number of anilines is 2. The van der Waals surface area contributed by atoms with Gasteiger partial charge in [-0.25, -0.2) is 19.5 Å². The van der Waals surface area contributed by atoms with Crippen molar-refractivity contribution in [3.63, 3.8) is 0 Å². The third-order valence-corrected chi connectivity index (χ3v) is 9.22. The molecule has 44 heavy (non-hydrogen) atoms. The summed E-state index contributed by atoms with van der Waals surface area (Å²) in [5.74, 6) is -0.251. The lowest BCUT2D eigenvalue weighted by atomic mass is 9.91. The first-order valence-electron chi connectivity index (χ1n) is 14.6. The topological polar surface area (TPSA) is 202 Å². The summed E-state index contributed by atoms with van der Waals surface area (Å²) < 4.78 is 13.2. The molecule has 0 bridgehead atoms. The first-order chi connectivity index (χ1) is 21.2. The van der Waals surface area contributed by atoms with Gasteiger partial charge < -0.3 is 36.9 Å². The third kappa shape index (κ3) is 5.84. The van der Waals surface area contributed by atoms with Gasteiger partial charge in [-0.15, -0.1) is 11.3 Å². The average molecular weight is 621 g/mol. The number of hydrogen-bond donors (Lipinski definition) is 4. The zero-order chi connectivity index (χ0) is 31.0. The number of rotatable bonds is 9. The van der Waals surface area contributed by atoms with Crippen LogP contribution in [-0.4, -0.2) is 74.8 Å². The number of hydrogen-bond acceptors (Lipinski definition) is 12. The zero-order valence-corrected chi connectivity index (χ0v) is 25.5. The summed E-state index contributed by atoms with van der Waals surface area (Å²) >= 11 is 1.27. The minimum absolute atomic E-state index is 0.00822. The van der Waals surface area contributed by atoms with Crippen LogP contribution < -0.4 is 36.9 Å². The number of carbonyl (C=O) groups is 2. The Balaban J connectivity index is 1.16. The number of nitrogens with two attached hydrogens (primary N) is 3. The number of carbonyl (C=O) groups excluding carboxylic acids is 2. The number of aromatic nitrogens is 5. The van der Waals surface area contributed by atoms with E-state index >= 15 is 0 Å². The predicted molar refractivity (Wildman–Crippen MR) is 166 cm³/mol. The van der Waals surface area contributed by atoms with Gasteiger partial charge in [0.1, 0.15) is 23.5 Å². The zero-order valence-electron chi connectivity index (χ0n) is 24.7. The second kappa shape index (κ2) is 12.2. The van der Waals surface area contributed by atoms with Crippen molar-refractivity contribution in [2.45, 2.75) is 63.6 Å². The summed E-state index contributed by atoms with van der Waals surface area (Å²) in [4.78, 5) is 39.5. The van der Waals surface area contributed by atoms with Gasteiger partial charge in [-0.05, 0) is 63.6 Å². The van der Waals surface area contributed by atoms with Gasteiger partial charge in [0.05, 0.1) is 29.2 Å². The number of nitrogens with one attached hydrogen (secondary N) is 1. The van der Waals surface area contributed by atoms with E-state index in [9.17, 15) is 9.59 Å². The minimum Gasteiger partial charge on any atom is -0.480 e. The lowest BCUT2D eigenvalue weighted by molar-refractivity contribution is 0.0980. The normalized spacial score (nSPS) is 20.5. The van der Waals surface area contributed by atoms with Gasteiger partial charge in [0.15, 0.2) is 10.7 Å². The fraction of sp³-hybridized carbons (Fsp3) is 0.448. The molecule has 232 valence electrons. The number of aryl methyl sites for hydroxylation is 1. The predicted octanol–water partition coefficient (Wildman–Crippen LogP) is 2.29. The second-order valence-electron chi connectivity index (χ2n) is 11.2. The van der Waals surface area contributed by atoms with Gasteiger partial charge in [-0.3, -0.25) is 9.59 Å². The van der Waals surface area contributed by atoms with Crippen molar-refractivity contribution in [3.8, 4) is 23.1 Å². The van der Waals surface area contributed by atoms with Crippen LogP contribution >= 0.6 is 11.3 Å². The maximum atomic E-state index is 11.8. The summed E-state index contributed by atoms with van der Waals surface area (Å²) in [7, 11) is 1.45. The Kier molecular flexibility index (Phi) is 8.23. The number of primary amides is 2. The molecule has 6 rings (SSSR count). The molecule has 1 aliphatic heterocycles. The summed E-state index contributed by atoms with van der Waals surface area (Å²) in [6, 6.07) is 5.98. The fourth-order valence-electron chi connectivity index (χ4n) is 6.21. The Morgan fingerprint density at radius 3 is 2.57 bits per heavy atom. The number of nitrogens with zero attached hydrogens (tertiary/aromatic N) is 6. The lowest BCUT2D eigenvalue weighted by Crippen LogP contribution is -2.50. The number of methoxy groups -OCH3 is 1. The molecule has 0 radical (unpaired) electrons. The number of thiazole rings is 1. The smallest absolute Gasteiger partial charge is 0.264 e. The van der Waals surface area contributed by atoms with Crippen molar-refractivity contribution in [2.75, 3.05) is 30.8 Å². The number of piperidine rings is 1. The SMILES string of the molecule is COc1nc(-c2cc(N3CCC[C@@H](NC4CCC(Oc5nc(C)sc5C(N)=O)CC4)C3)c3c(N)ncnn23)ccc1C(N)=O. The summed E-state index contributed by atoms with van der Waals surface area (Å²) in [6.45, 7) is 3.49. The van der Waals surface area contributed by atoms with E-state index in [4.69, 9.17) is 26.7 Å². The first-order valence-corrected chi connectivity index (χ1v) is 15.5. The molecule has 4 aromatic heterocycles. The molecule has 1 saturated carbocycles. The Hall–Kier alpha value is -4.50. The molecule has 4 aromatic rings. The molecular formula is C29H36N10O4S. The van der Waals surface area contributed by atoms with Gasteiger partial charge in [-0.1, -0.05) is 0 Å². The number of nitrogen functional groups attached to an aromatic ring is 1. The monoisotopic (exact) mass is 620 g/mol. The van der Waals surface area contributed by atoms with Crippen molar-refractivity contribution < 1.29 is 19.1 Å². The minimum atomic E-state index is -0.618. The maximum Gasteiger partial charge on any atom is 0.264 e. The number of pyridine rings is 1. The fourth-order valence-corrected chi connectivity index (χ4v) is 6.92. The largest absolute Gasteiger partial charge is 0.480 e. The molecule has 1 aliphatic carbocycles. The molecule has 0 spiro atoms. The highest BCUT2D eigenvalue weighted by Gasteiger charge is 2.30. The van der Waals surface area contributed by atoms with E-state index in [2.05, 4.69) is 30.3 Å². The average Bonchev–Trinajstić information content (AvgIpc) is 3.59. The van der Waals surface area contributed by atoms with Crippen LogP contribution in [0.4, 0.5) is 11.5 Å². The number of fused-ring (bicyclic) bond motifs is 1. The van der Waals surface area contributed by atoms with Crippen molar-refractivity contribution >= 4 is 40.2 Å². The van der Waals surface area contributed by atoms with Gasteiger partial charge in [0.25, 0.3) is 11.8 Å². The van der Waals surface area contributed by atoms with Crippen molar-refractivity contribution in [3.05, 3.63) is 40.0 Å². The van der Waals surface area contributed by atoms with Gasteiger partial charge in [-0.2, -0.15) is 5.10 Å². The highest BCUT2D eigenvalue weighted by Crippen LogP contribution is 2.36. The molecule has 2 amide bonds. The van der Waals surface area contributed by atoms with Crippen LogP contribution in [0.25, 0.3) is 16.9 Å². The van der Waals surface area contributed by atoms with Crippen LogP contribution in [0, 0.1) is 6.92 Å². The molecule has 15 heteroatoms. The van der Waals surface area contributed by atoms with Gasteiger partial charge >= 0.3 is 0 Å². The van der Waals surface area contributed by atoms with Crippen LogP contribution in [0.5, 0.6) is 11.8 Å². The Labute approximate surface area is 257 Å². The summed E-state index contributed by atoms with van der Waals surface area (Å²) in [5.41, 5.74) is 20.5. The molecular weight excluding hydrogens is 584 g/mol. The van der Waals surface area contributed by atoms with Crippen LogP contribution in [0.2, 0.25) is 0 Å². The highest BCUT2D eigenvalue weighted by molar-refractivity contribution is 7.13. The molecule has 14 nitrogen and oxygen atoms in total. The number of ether oxygens (including phenoxy) is 2. The van der Waals surface area contributed by atoms with Crippen LogP contribution in [0.1, 0.15) is 63.6 Å². The second-order valence-corrected chi connectivity index (χ2v) is 12.4. The van der Waals surface area contributed by atoms with Gasteiger partial charge in [0, 0.05) is 25.2 Å². The van der Waals surface area contributed by atoms with Crippen LogP contribution in [0.3, 0.4) is 0 Å². The highest BCUT2D eigenvalue weighted by atomic mass is 32.1. The third-order valence-electron chi connectivity index (χ3n) is 8.26. The molecule has 0 unspecified atom stereocenters. The van der Waals surface area contributed by atoms with E-state index in [1.165, 1.54) is 24.8 Å². The molecule has 0 aromatic carbocycles. The van der Waals surface area contributed by atoms with E-state index in [-0.39, 0.29) is 23.6 Å². The molecule has 5 heterocycles. The Morgan fingerprint density at radius 1 is 1.05 bits per heavy atom. The first kappa shape index (κ1) is 29.6. The van der Waals surface area contributed by atoms with Gasteiger partial charge in [0.2, 0.25) is 11.8 Å². The quantitative estimate of drug-likeness (QED) is 0.214. The van der Waals surface area contributed by atoms with E-state index < -0.39 is 11.8 Å². The van der Waals surface area contributed by atoms with E-state index in [0.29, 0.717) is 39.5 Å². The molecule has 2 aliphatic rings. The van der Waals surface area contributed by atoms with E-state index in [1.54, 1.807) is 16.6 Å². The number of amides is 2. The van der Waals surface area contributed by atoms with E-state index in [1.807, 2.05) is 13.0 Å². The molecule has 1 saturated heterocycles. The Bertz CT molecular complexity index is 1700. The van der Waals surface area contributed by atoms with E-state index in [0.717, 1.165) is 62.3 Å². The van der Waals surface area contributed by atoms with Crippen molar-refractivity contribution in [2.24, 2.45) is 11.5 Å².